The van der Waals surface area contributed by atoms with Gasteiger partial charge in [-0.1, -0.05) is 54.6 Å². The van der Waals surface area contributed by atoms with Gasteiger partial charge in [0.2, 0.25) is 11.8 Å². The molecule has 0 fully saturated rings. The van der Waals surface area contributed by atoms with Crippen LogP contribution in [0.3, 0.4) is 0 Å². The number of nitrogens with zero attached hydrogens (tertiary/aromatic N) is 1. The highest BCUT2D eigenvalue weighted by Gasteiger charge is 2.33. The van der Waals surface area contributed by atoms with E-state index in [0.717, 1.165) is 16.7 Å². The van der Waals surface area contributed by atoms with E-state index in [9.17, 15) is 9.59 Å². The van der Waals surface area contributed by atoms with Crippen LogP contribution in [0.1, 0.15) is 29.2 Å². The fourth-order valence-corrected chi connectivity index (χ4v) is 3.16. The van der Waals surface area contributed by atoms with Crippen molar-refractivity contribution in [1.29, 1.82) is 0 Å². The molecule has 4 N–H and O–H groups in total. The van der Waals surface area contributed by atoms with Crippen LogP contribution in [0.15, 0.2) is 54.6 Å². The number of rotatable bonds is 4. The van der Waals surface area contributed by atoms with Gasteiger partial charge in [0.25, 0.3) is 0 Å². The number of carbonyl (C=O) groups is 2. The van der Waals surface area contributed by atoms with Crippen LogP contribution in [0.25, 0.3) is 0 Å². The predicted molar refractivity (Wildman–Crippen MR) is 91.7 cm³/mol. The van der Waals surface area contributed by atoms with E-state index in [1.165, 1.54) is 0 Å². The Bertz CT molecular complexity index is 745. The Labute approximate surface area is 141 Å². The maximum atomic E-state index is 12.7. The molecule has 1 aliphatic rings. The highest BCUT2D eigenvalue weighted by molar-refractivity contribution is 5.87. The largest absolute Gasteiger partial charge is 0.368 e. The zero-order valence-corrected chi connectivity index (χ0v) is 13.4. The zero-order valence-electron chi connectivity index (χ0n) is 13.4. The van der Waals surface area contributed by atoms with E-state index in [2.05, 4.69) is 0 Å². The molecular weight excluding hydrogens is 302 g/mol. The molecule has 0 spiro atoms. The van der Waals surface area contributed by atoms with Gasteiger partial charge in [-0.2, -0.15) is 0 Å². The van der Waals surface area contributed by atoms with E-state index < -0.39 is 18.0 Å². The van der Waals surface area contributed by atoms with Crippen LogP contribution in [-0.2, 0) is 22.6 Å². The van der Waals surface area contributed by atoms with Gasteiger partial charge in [-0.05, 0) is 16.7 Å². The molecule has 2 atom stereocenters. The average Bonchev–Trinajstić information content (AvgIpc) is 2.61. The maximum Gasteiger partial charge on any atom is 0.240 e. The van der Waals surface area contributed by atoms with E-state index in [-0.39, 0.29) is 12.3 Å². The number of hydrogen-bond donors (Lipinski definition) is 2. The van der Waals surface area contributed by atoms with Crippen molar-refractivity contribution in [3.8, 4) is 0 Å². The van der Waals surface area contributed by atoms with E-state index in [0.29, 0.717) is 13.0 Å². The molecule has 5 nitrogen and oxygen atoms in total. The molecule has 124 valence electrons. The molecule has 0 bridgehead atoms. The average molecular weight is 323 g/mol. The number of primary amides is 1. The van der Waals surface area contributed by atoms with E-state index in [1.807, 2.05) is 54.6 Å². The lowest BCUT2D eigenvalue weighted by Gasteiger charge is -2.35. The van der Waals surface area contributed by atoms with Gasteiger partial charge in [-0.3, -0.25) is 9.59 Å². The van der Waals surface area contributed by atoms with Crippen molar-refractivity contribution in [2.45, 2.75) is 31.5 Å². The monoisotopic (exact) mass is 323 g/mol. The number of fused-ring (bicyclic) bond motifs is 1. The molecule has 0 saturated heterocycles. The number of carbonyl (C=O) groups excluding carboxylic acids is 2. The lowest BCUT2D eigenvalue weighted by Crippen LogP contribution is -2.51. The summed E-state index contributed by atoms with van der Waals surface area (Å²) < 4.78 is 0. The molecule has 1 aliphatic heterocycles. The Morgan fingerprint density at radius 2 is 1.67 bits per heavy atom. The van der Waals surface area contributed by atoms with Crippen LogP contribution in [0, 0.1) is 0 Å². The Morgan fingerprint density at radius 1 is 1.04 bits per heavy atom. The number of nitrogens with two attached hydrogens (primary N) is 2. The van der Waals surface area contributed by atoms with Crippen LogP contribution in [0.5, 0.6) is 0 Å². The molecule has 1 heterocycles. The minimum Gasteiger partial charge on any atom is -0.368 e. The van der Waals surface area contributed by atoms with Crippen molar-refractivity contribution in [2.75, 3.05) is 0 Å². The van der Waals surface area contributed by atoms with Crippen molar-refractivity contribution < 1.29 is 9.59 Å². The van der Waals surface area contributed by atoms with Gasteiger partial charge in [-0.15, -0.1) is 0 Å². The molecule has 2 unspecified atom stereocenters. The predicted octanol–water partition coefficient (Wildman–Crippen LogP) is 1.52. The first kappa shape index (κ1) is 16.2. The minimum atomic E-state index is -0.615. The van der Waals surface area contributed by atoms with Crippen molar-refractivity contribution >= 4 is 11.8 Å². The Morgan fingerprint density at radius 3 is 2.33 bits per heavy atom. The normalized spacial score (nSPS) is 17.9. The van der Waals surface area contributed by atoms with Gasteiger partial charge in [0.1, 0.15) is 6.04 Å². The number of benzene rings is 2. The van der Waals surface area contributed by atoms with Crippen LogP contribution in [0.2, 0.25) is 0 Å². The first-order valence-electron chi connectivity index (χ1n) is 8.02. The quantitative estimate of drug-likeness (QED) is 0.894. The summed E-state index contributed by atoms with van der Waals surface area (Å²) in [6.45, 7) is 0.393. The zero-order chi connectivity index (χ0) is 17.1. The molecule has 24 heavy (non-hydrogen) atoms. The highest BCUT2D eigenvalue weighted by Crippen LogP contribution is 2.25. The van der Waals surface area contributed by atoms with E-state index >= 15 is 0 Å². The molecule has 2 aromatic carbocycles. The lowest BCUT2D eigenvalue weighted by atomic mass is 9.92. The van der Waals surface area contributed by atoms with Crippen molar-refractivity contribution in [3.63, 3.8) is 0 Å². The summed E-state index contributed by atoms with van der Waals surface area (Å²) in [6, 6.07) is 16.3. The molecule has 0 radical (unpaired) electrons. The van der Waals surface area contributed by atoms with Crippen LogP contribution >= 0.6 is 0 Å². The van der Waals surface area contributed by atoms with Gasteiger partial charge < -0.3 is 16.4 Å². The molecule has 0 aliphatic carbocycles. The molecule has 0 saturated carbocycles. The van der Waals surface area contributed by atoms with Gasteiger partial charge in [-0.25, -0.2) is 0 Å². The molecular formula is C19H21N3O2. The Hall–Kier alpha value is -2.66. The Balaban J connectivity index is 1.78. The van der Waals surface area contributed by atoms with Crippen molar-refractivity contribution in [1.82, 2.24) is 4.90 Å². The van der Waals surface area contributed by atoms with Gasteiger partial charge >= 0.3 is 0 Å². The minimum absolute atomic E-state index is 0.148. The van der Waals surface area contributed by atoms with E-state index in [1.54, 1.807) is 4.90 Å². The van der Waals surface area contributed by atoms with Gasteiger partial charge in [0.15, 0.2) is 0 Å². The fraction of sp³-hybridized carbons (Fsp3) is 0.263. The standard InChI is InChI=1S/C19H21N3O2/c20-16(13-6-2-1-3-7-13)11-18(23)22-12-15-9-5-4-8-14(15)10-17(22)19(21)24/h1-9,16-17H,10-12,20H2,(H2,21,24). The highest BCUT2D eigenvalue weighted by atomic mass is 16.2. The van der Waals surface area contributed by atoms with Crippen LogP contribution < -0.4 is 11.5 Å². The number of amides is 2. The summed E-state index contributed by atoms with van der Waals surface area (Å²) in [5.41, 5.74) is 14.7. The summed E-state index contributed by atoms with van der Waals surface area (Å²) in [4.78, 5) is 26.1. The summed E-state index contributed by atoms with van der Waals surface area (Å²) in [5.74, 6) is -0.629. The fourth-order valence-electron chi connectivity index (χ4n) is 3.16. The van der Waals surface area contributed by atoms with Crippen molar-refractivity contribution in [3.05, 3.63) is 71.3 Å². The summed E-state index contributed by atoms with van der Waals surface area (Å²) >= 11 is 0. The summed E-state index contributed by atoms with van der Waals surface area (Å²) in [7, 11) is 0. The van der Waals surface area contributed by atoms with Crippen molar-refractivity contribution in [2.24, 2.45) is 11.5 Å². The second kappa shape index (κ2) is 6.84. The van der Waals surface area contributed by atoms with Gasteiger partial charge in [0, 0.05) is 25.4 Å². The molecule has 2 amide bonds. The first-order chi connectivity index (χ1) is 11.6. The molecule has 2 aromatic rings. The van der Waals surface area contributed by atoms with Crippen LogP contribution in [-0.4, -0.2) is 22.8 Å². The Kier molecular flexibility index (Phi) is 4.62. The number of hydrogen-bond acceptors (Lipinski definition) is 3. The third-order valence-electron chi connectivity index (χ3n) is 4.52. The molecule has 3 rings (SSSR count). The lowest BCUT2D eigenvalue weighted by molar-refractivity contribution is -0.141. The van der Waals surface area contributed by atoms with E-state index in [4.69, 9.17) is 11.5 Å². The third-order valence-corrected chi connectivity index (χ3v) is 4.52. The SMILES string of the molecule is NC(=O)C1Cc2ccccc2CN1C(=O)CC(N)c1ccccc1. The third kappa shape index (κ3) is 3.31. The summed E-state index contributed by atoms with van der Waals surface area (Å²) in [5, 5.41) is 0. The first-order valence-corrected chi connectivity index (χ1v) is 8.02. The second-order valence-corrected chi connectivity index (χ2v) is 6.13. The smallest absolute Gasteiger partial charge is 0.240 e. The summed E-state index contributed by atoms with van der Waals surface area (Å²) in [6.07, 6.45) is 0.605. The topological polar surface area (TPSA) is 89.4 Å². The molecule has 0 aromatic heterocycles. The van der Waals surface area contributed by atoms with Crippen LogP contribution in [0.4, 0.5) is 0 Å². The maximum absolute atomic E-state index is 12.7. The van der Waals surface area contributed by atoms with Gasteiger partial charge in [0.05, 0.1) is 0 Å². The second-order valence-electron chi connectivity index (χ2n) is 6.13. The molecule has 5 heteroatoms.